The van der Waals surface area contributed by atoms with Gasteiger partial charge in [0.15, 0.2) is 0 Å². The average molecular weight is 104 g/mol. The molecule has 3 N–H and O–H groups in total. The van der Waals surface area contributed by atoms with E-state index in [1.54, 1.807) is 6.92 Å². The van der Waals surface area contributed by atoms with Gasteiger partial charge < -0.3 is 10.6 Å². The molecule has 0 aliphatic rings. The molecule has 42 valence electrons. The second kappa shape index (κ2) is 3.42. The van der Waals surface area contributed by atoms with Gasteiger partial charge in [0.2, 0.25) is 0 Å². The summed E-state index contributed by atoms with van der Waals surface area (Å²) in [6.07, 6.45) is 0. The Morgan fingerprint density at radius 2 is 2.57 bits per heavy atom. The summed E-state index contributed by atoms with van der Waals surface area (Å²) < 4.78 is 0. The first-order chi connectivity index (χ1) is 3.31. The summed E-state index contributed by atoms with van der Waals surface area (Å²) in [5, 5.41) is 7.71. The highest BCUT2D eigenvalue weighted by Crippen LogP contribution is 1.67. The fraction of sp³-hybridized carbons (Fsp3) is 0.667. The van der Waals surface area contributed by atoms with Gasteiger partial charge >= 0.3 is 6.02 Å². The molecule has 0 fully saturated rings. The third-order valence-corrected chi connectivity index (χ3v) is 0.407. The van der Waals surface area contributed by atoms with Crippen LogP contribution in [-0.4, -0.2) is 17.8 Å². The van der Waals surface area contributed by atoms with Crippen molar-refractivity contribution in [1.82, 2.24) is 0 Å². The minimum Gasteiger partial charge on any atom is -0.351 e. The standard InChI is InChI=1S/C3H8N2O2/c1-2-5-3(4)7-6/h6H,2H2,1H3,(H2,4,5). The summed E-state index contributed by atoms with van der Waals surface area (Å²) in [5.41, 5.74) is 4.86. The van der Waals surface area contributed by atoms with E-state index in [1.165, 1.54) is 0 Å². The first-order valence-electron chi connectivity index (χ1n) is 1.92. The summed E-state index contributed by atoms with van der Waals surface area (Å²) in [6.45, 7) is 2.30. The molecule has 0 aliphatic heterocycles. The largest absolute Gasteiger partial charge is 0.351 e. The summed E-state index contributed by atoms with van der Waals surface area (Å²) >= 11 is 0. The number of hydrogen-bond acceptors (Lipinski definition) is 3. The average Bonchev–Trinajstić information content (AvgIpc) is 1.68. The Kier molecular flexibility index (Phi) is 3.04. The van der Waals surface area contributed by atoms with Gasteiger partial charge in [0.05, 0.1) is 0 Å². The molecule has 4 nitrogen and oxygen atoms in total. The van der Waals surface area contributed by atoms with Crippen molar-refractivity contribution in [3.8, 4) is 0 Å². The van der Waals surface area contributed by atoms with E-state index in [9.17, 15) is 0 Å². The van der Waals surface area contributed by atoms with Crippen LogP contribution in [0.25, 0.3) is 0 Å². The molecular formula is C3H8N2O2. The van der Waals surface area contributed by atoms with E-state index in [0.717, 1.165) is 0 Å². The highest BCUT2D eigenvalue weighted by Gasteiger charge is 1.81. The van der Waals surface area contributed by atoms with Gasteiger partial charge in [0.1, 0.15) is 0 Å². The fourth-order valence-corrected chi connectivity index (χ4v) is 0.185. The van der Waals surface area contributed by atoms with Crippen LogP contribution >= 0.6 is 0 Å². The predicted molar refractivity (Wildman–Crippen MR) is 25.9 cm³/mol. The number of amidine groups is 1. The monoisotopic (exact) mass is 104 g/mol. The van der Waals surface area contributed by atoms with Gasteiger partial charge in [-0.15, -0.1) is 0 Å². The zero-order valence-electron chi connectivity index (χ0n) is 4.09. The van der Waals surface area contributed by atoms with Crippen LogP contribution in [0.4, 0.5) is 0 Å². The van der Waals surface area contributed by atoms with Gasteiger partial charge in [-0.25, -0.2) is 4.99 Å². The molecule has 0 amide bonds. The predicted octanol–water partition coefficient (Wildman–Crippen LogP) is -0.189. The molecule has 0 aliphatic carbocycles. The normalized spacial score (nSPS) is 11.4. The van der Waals surface area contributed by atoms with E-state index in [4.69, 9.17) is 11.0 Å². The molecule has 0 saturated heterocycles. The lowest BCUT2D eigenvalue weighted by Gasteiger charge is -1.88. The zero-order chi connectivity index (χ0) is 5.70. The van der Waals surface area contributed by atoms with Crippen LogP contribution in [0.15, 0.2) is 4.99 Å². The van der Waals surface area contributed by atoms with Crippen molar-refractivity contribution in [3.63, 3.8) is 0 Å². The first-order valence-corrected chi connectivity index (χ1v) is 1.92. The van der Waals surface area contributed by atoms with Crippen LogP contribution < -0.4 is 5.73 Å². The molecule has 7 heavy (non-hydrogen) atoms. The van der Waals surface area contributed by atoms with Gasteiger partial charge in [-0.1, -0.05) is 0 Å². The van der Waals surface area contributed by atoms with Gasteiger partial charge in [0.25, 0.3) is 0 Å². The summed E-state index contributed by atoms with van der Waals surface area (Å²) in [4.78, 5) is 6.98. The van der Waals surface area contributed by atoms with E-state index >= 15 is 0 Å². The summed E-state index contributed by atoms with van der Waals surface area (Å²) in [7, 11) is 0. The Hall–Kier alpha value is -0.770. The molecule has 0 heterocycles. The maximum atomic E-state index is 7.71. The molecule has 0 unspecified atom stereocenters. The minimum atomic E-state index is -0.192. The second-order valence-electron chi connectivity index (χ2n) is 0.904. The van der Waals surface area contributed by atoms with Crippen molar-refractivity contribution < 1.29 is 10.1 Å². The van der Waals surface area contributed by atoms with Gasteiger partial charge in [-0.2, -0.15) is 5.26 Å². The lowest BCUT2D eigenvalue weighted by atomic mass is 10.8. The Morgan fingerprint density at radius 3 is 2.71 bits per heavy atom. The topological polar surface area (TPSA) is 67.8 Å². The molecule has 0 bridgehead atoms. The maximum absolute atomic E-state index is 7.71. The number of nitrogens with two attached hydrogens (primary N) is 1. The van der Waals surface area contributed by atoms with Crippen molar-refractivity contribution in [2.24, 2.45) is 10.7 Å². The number of hydrogen-bond donors (Lipinski definition) is 2. The van der Waals surface area contributed by atoms with Gasteiger partial charge in [-0.3, -0.25) is 0 Å². The van der Waals surface area contributed by atoms with Crippen LogP contribution in [0.5, 0.6) is 0 Å². The molecule has 0 aromatic rings. The highest BCUT2D eigenvalue weighted by atomic mass is 17.1. The third-order valence-electron chi connectivity index (χ3n) is 0.407. The quantitative estimate of drug-likeness (QED) is 0.210. The Labute approximate surface area is 41.5 Å². The molecule has 0 radical (unpaired) electrons. The smallest absolute Gasteiger partial charge is 0.319 e. The van der Waals surface area contributed by atoms with E-state index in [-0.39, 0.29) is 6.02 Å². The van der Waals surface area contributed by atoms with Crippen molar-refractivity contribution in [2.75, 3.05) is 6.54 Å². The Balaban J connectivity index is 3.29. The molecule has 0 aromatic heterocycles. The third kappa shape index (κ3) is 3.05. The summed E-state index contributed by atoms with van der Waals surface area (Å²) in [5.74, 6) is 0. The summed E-state index contributed by atoms with van der Waals surface area (Å²) in [6, 6.07) is -0.192. The van der Waals surface area contributed by atoms with E-state index in [0.29, 0.717) is 6.54 Å². The molecule has 0 saturated carbocycles. The lowest BCUT2D eigenvalue weighted by molar-refractivity contribution is -0.156. The number of rotatable bonds is 1. The molecule has 0 rings (SSSR count). The molecular weight excluding hydrogens is 96.0 g/mol. The van der Waals surface area contributed by atoms with E-state index in [1.807, 2.05) is 0 Å². The van der Waals surface area contributed by atoms with Crippen LogP contribution in [-0.2, 0) is 4.89 Å². The van der Waals surface area contributed by atoms with Gasteiger partial charge in [0, 0.05) is 6.54 Å². The van der Waals surface area contributed by atoms with Crippen LogP contribution in [0, 0.1) is 0 Å². The van der Waals surface area contributed by atoms with Crippen LogP contribution in [0.3, 0.4) is 0 Å². The Bertz CT molecular complexity index is 71.3. The molecule has 4 heteroatoms. The zero-order valence-corrected chi connectivity index (χ0v) is 4.09. The lowest BCUT2D eigenvalue weighted by Crippen LogP contribution is -2.13. The molecule has 0 spiro atoms. The number of aliphatic imine (C=N–C) groups is 1. The van der Waals surface area contributed by atoms with Gasteiger partial charge in [-0.05, 0) is 6.92 Å². The van der Waals surface area contributed by atoms with Crippen LogP contribution in [0.1, 0.15) is 6.92 Å². The van der Waals surface area contributed by atoms with Crippen molar-refractivity contribution in [3.05, 3.63) is 0 Å². The fourth-order valence-electron chi connectivity index (χ4n) is 0.185. The first kappa shape index (κ1) is 6.23. The Morgan fingerprint density at radius 1 is 2.00 bits per heavy atom. The number of nitrogens with zero attached hydrogens (tertiary/aromatic N) is 1. The minimum absolute atomic E-state index is 0.192. The highest BCUT2D eigenvalue weighted by molar-refractivity contribution is 5.70. The van der Waals surface area contributed by atoms with Crippen LogP contribution in [0.2, 0.25) is 0 Å². The van der Waals surface area contributed by atoms with E-state index < -0.39 is 0 Å². The molecule has 0 aromatic carbocycles. The van der Waals surface area contributed by atoms with Crippen molar-refractivity contribution >= 4 is 6.02 Å². The molecule has 0 atom stereocenters. The maximum Gasteiger partial charge on any atom is 0.319 e. The van der Waals surface area contributed by atoms with Crippen molar-refractivity contribution in [2.45, 2.75) is 6.92 Å². The second-order valence-corrected chi connectivity index (χ2v) is 0.904. The van der Waals surface area contributed by atoms with E-state index in [2.05, 4.69) is 9.88 Å². The SMILES string of the molecule is CCN=C(N)OO. The van der Waals surface area contributed by atoms with Crippen molar-refractivity contribution in [1.29, 1.82) is 0 Å².